The highest BCUT2D eigenvalue weighted by Crippen LogP contribution is 2.26. The molecule has 1 atom stereocenters. The monoisotopic (exact) mass is 408 g/mol. The normalized spacial score (nSPS) is 11.6. The first-order chi connectivity index (χ1) is 13.9. The lowest BCUT2D eigenvalue weighted by Gasteiger charge is -2.13. The van der Waals surface area contributed by atoms with Crippen LogP contribution < -0.4 is 10.6 Å². The quantitative estimate of drug-likeness (QED) is 0.529. The van der Waals surface area contributed by atoms with E-state index in [-0.39, 0.29) is 17.5 Å². The highest BCUT2D eigenvalue weighted by atomic mass is 32.2. The fourth-order valence-electron chi connectivity index (χ4n) is 2.58. The molecule has 0 saturated carbocycles. The predicted octanol–water partition coefficient (Wildman–Crippen LogP) is 5.51. The maximum Gasteiger partial charge on any atom is 0.255 e. The first kappa shape index (κ1) is 20.6. The molecule has 1 unspecified atom stereocenters. The molecule has 3 aromatic carbocycles. The van der Waals surface area contributed by atoms with E-state index in [2.05, 4.69) is 10.6 Å². The third kappa shape index (κ3) is 5.68. The van der Waals surface area contributed by atoms with Gasteiger partial charge in [-0.25, -0.2) is 4.39 Å². The van der Waals surface area contributed by atoms with E-state index in [1.807, 2.05) is 31.2 Å². The zero-order valence-corrected chi connectivity index (χ0v) is 16.9. The van der Waals surface area contributed by atoms with Gasteiger partial charge >= 0.3 is 0 Å². The van der Waals surface area contributed by atoms with Gasteiger partial charge in [-0.2, -0.15) is 0 Å². The van der Waals surface area contributed by atoms with Crippen molar-refractivity contribution in [3.05, 3.63) is 89.7 Å². The lowest BCUT2D eigenvalue weighted by atomic mass is 10.1. The number of aryl methyl sites for hydroxylation is 1. The van der Waals surface area contributed by atoms with Crippen LogP contribution in [0.2, 0.25) is 0 Å². The lowest BCUT2D eigenvalue weighted by molar-refractivity contribution is -0.115. The molecule has 0 saturated heterocycles. The Morgan fingerprint density at radius 2 is 1.55 bits per heavy atom. The first-order valence-corrected chi connectivity index (χ1v) is 10.0. The van der Waals surface area contributed by atoms with Crippen LogP contribution in [0.4, 0.5) is 15.8 Å². The second kappa shape index (κ2) is 9.39. The van der Waals surface area contributed by atoms with E-state index < -0.39 is 11.1 Å². The molecule has 3 rings (SSSR count). The Balaban J connectivity index is 1.57. The second-order valence-corrected chi connectivity index (χ2v) is 7.99. The van der Waals surface area contributed by atoms with Gasteiger partial charge in [0.05, 0.1) is 10.9 Å². The molecule has 6 heteroatoms. The van der Waals surface area contributed by atoms with Crippen LogP contribution in [0.25, 0.3) is 0 Å². The van der Waals surface area contributed by atoms with Gasteiger partial charge in [0.25, 0.3) is 5.91 Å². The van der Waals surface area contributed by atoms with Crippen LogP contribution in [0.5, 0.6) is 0 Å². The Kier molecular flexibility index (Phi) is 6.67. The summed E-state index contributed by atoms with van der Waals surface area (Å²) in [6.07, 6.45) is 0. The van der Waals surface area contributed by atoms with Crippen LogP contribution in [0.3, 0.4) is 0 Å². The molecule has 0 aliphatic rings. The van der Waals surface area contributed by atoms with Crippen molar-refractivity contribution in [3.63, 3.8) is 0 Å². The first-order valence-electron chi connectivity index (χ1n) is 9.12. The summed E-state index contributed by atoms with van der Waals surface area (Å²) in [7, 11) is 0. The minimum Gasteiger partial charge on any atom is -0.323 e. The summed E-state index contributed by atoms with van der Waals surface area (Å²) in [6, 6.07) is 20.7. The summed E-state index contributed by atoms with van der Waals surface area (Å²) in [5.74, 6) is -0.924. The molecule has 0 spiro atoms. The predicted molar refractivity (Wildman–Crippen MR) is 116 cm³/mol. The van der Waals surface area contributed by atoms with Crippen LogP contribution in [-0.2, 0) is 4.79 Å². The summed E-state index contributed by atoms with van der Waals surface area (Å²) in [6.45, 7) is 3.73. The molecule has 0 aromatic heterocycles. The van der Waals surface area contributed by atoms with Crippen LogP contribution in [0, 0.1) is 12.7 Å². The minimum absolute atomic E-state index is 0.166. The van der Waals surface area contributed by atoms with Crippen molar-refractivity contribution in [2.75, 3.05) is 10.6 Å². The van der Waals surface area contributed by atoms with Gasteiger partial charge in [-0.15, -0.1) is 11.8 Å². The van der Waals surface area contributed by atoms with E-state index in [1.165, 1.54) is 23.9 Å². The number of carbonyl (C=O) groups is 2. The molecule has 0 heterocycles. The van der Waals surface area contributed by atoms with E-state index in [0.717, 1.165) is 10.5 Å². The van der Waals surface area contributed by atoms with E-state index in [4.69, 9.17) is 0 Å². The fraction of sp³-hybridized carbons (Fsp3) is 0.130. The third-order valence-electron chi connectivity index (χ3n) is 4.24. The number of para-hydroxylation sites is 1. The molecule has 0 aliphatic heterocycles. The van der Waals surface area contributed by atoms with Crippen LogP contribution in [0.1, 0.15) is 22.8 Å². The maximum absolute atomic E-state index is 13.7. The van der Waals surface area contributed by atoms with Gasteiger partial charge in [0.2, 0.25) is 5.91 Å². The summed E-state index contributed by atoms with van der Waals surface area (Å²) >= 11 is 1.36. The largest absolute Gasteiger partial charge is 0.323 e. The molecule has 29 heavy (non-hydrogen) atoms. The number of amides is 2. The number of nitrogens with one attached hydrogen (secondary N) is 2. The summed E-state index contributed by atoms with van der Waals surface area (Å²) in [5, 5.41) is 5.03. The Labute approximate surface area is 173 Å². The SMILES string of the molecule is Cc1ccc(C(=O)Nc2ccc(SC(C)C(=O)Nc3ccccc3F)cc2)cc1. The zero-order valence-electron chi connectivity index (χ0n) is 16.1. The Morgan fingerprint density at radius 1 is 0.897 bits per heavy atom. The van der Waals surface area contributed by atoms with Gasteiger partial charge in [0.1, 0.15) is 5.82 Å². The number of thioether (sulfide) groups is 1. The van der Waals surface area contributed by atoms with Crippen molar-refractivity contribution >= 4 is 35.0 Å². The molecular weight excluding hydrogens is 387 g/mol. The standard InChI is InChI=1S/C23H21FN2O2S/c1-15-7-9-17(10-8-15)23(28)25-18-11-13-19(14-12-18)29-16(2)22(27)26-21-6-4-3-5-20(21)24/h3-14,16H,1-2H3,(H,25,28)(H,26,27). The minimum atomic E-state index is -0.466. The average Bonchev–Trinajstić information content (AvgIpc) is 2.71. The molecule has 0 bridgehead atoms. The van der Waals surface area contributed by atoms with Gasteiger partial charge in [-0.1, -0.05) is 29.8 Å². The topological polar surface area (TPSA) is 58.2 Å². The van der Waals surface area contributed by atoms with Crippen molar-refractivity contribution in [2.45, 2.75) is 24.0 Å². The van der Waals surface area contributed by atoms with E-state index in [0.29, 0.717) is 11.3 Å². The fourth-order valence-corrected chi connectivity index (χ4v) is 3.45. The van der Waals surface area contributed by atoms with E-state index in [1.54, 1.807) is 43.3 Å². The van der Waals surface area contributed by atoms with Gasteiger partial charge in [0.15, 0.2) is 0 Å². The number of halogens is 1. The molecule has 3 aromatic rings. The Hall–Kier alpha value is -3.12. The highest BCUT2D eigenvalue weighted by molar-refractivity contribution is 8.00. The smallest absolute Gasteiger partial charge is 0.255 e. The van der Waals surface area contributed by atoms with Gasteiger partial charge < -0.3 is 10.6 Å². The van der Waals surface area contributed by atoms with Crippen molar-refractivity contribution in [3.8, 4) is 0 Å². The number of hydrogen-bond donors (Lipinski definition) is 2. The van der Waals surface area contributed by atoms with Crippen molar-refractivity contribution in [1.29, 1.82) is 0 Å². The molecule has 0 radical (unpaired) electrons. The van der Waals surface area contributed by atoms with Gasteiger partial charge in [0, 0.05) is 16.1 Å². The Morgan fingerprint density at radius 3 is 2.21 bits per heavy atom. The molecule has 0 fully saturated rings. The van der Waals surface area contributed by atoms with Crippen LogP contribution >= 0.6 is 11.8 Å². The summed E-state index contributed by atoms with van der Waals surface area (Å²) in [4.78, 5) is 25.5. The van der Waals surface area contributed by atoms with Gasteiger partial charge in [-0.3, -0.25) is 9.59 Å². The number of benzene rings is 3. The van der Waals surface area contributed by atoms with Gasteiger partial charge in [-0.05, 0) is 62.4 Å². The third-order valence-corrected chi connectivity index (χ3v) is 5.35. The van der Waals surface area contributed by atoms with E-state index in [9.17, 15) is 14.0 Å². The lowest BCUT2D eigenvalue weighted by Crippen LogP contribution is -2.22. The number of hydrogen-bond acceptors (Lipinski definition) is 3. The maximum atomic E-state index is 13.7. The second-order valence-electron chi connectivity index (χ2n) is 6.57. The Bertz CT molecular complexity index is 1000. The van der Waals surface area contributed by atoms with Crippen LogP contribution in [-0.4, -0.2) is 17.1 Å². The molecular formula is C23H21FN2O2S. The molecule has 148 valence electrons. The van der Waals surface area contributed by atoms with Crippen molar-refractivity contribution < 1.29 is 14.0 Å². The number of carbonyl (C=O) groups excluding carboxylic acids is 2. The highest BCUT2D eigenvalue weighted by Gasteiger charge is 2.16. The number of rotatable bonds is 6. The van der Waals surface area contributed by atoms with E-state index >= 15 is 0 Å². The molecule has 2 amide bonds. The summed E-state index contributed by atoms with van der Waals surface area (Å²) in [5.41, 5.74) is 2.52. The molecule has 2 N–H and O–H groups in total. The molecule has 0 aliphatic carbocycles. The van der Waals surface area contributed by atoms with Crippen molar-refractivity contribution in [1.82, 2.24) is 0 Å². The average molecular weight is 408 g/mol. The number of anilines is 2. The van der Waals surface area contributed by atoms with Crippen molar-refractivity contribution in [2.24, 2.45) is 0 Å². The summed E-state index contributed by atoms with van der Waals surface area (Å²) < 4.78 is 13.7. The van der Waals surface area contributed by atoms with Crippen LogP contribution in [0.15, 0.2) is 77.7 Å². The zero-order chi connectivity index (χ0) is 20.8. The molecule has 4 nitrogen and oxygen atoms in total.